The minimum Gasteiger partial charge on any atom is -0.389 e. The van der Waals surface area contributed by atoms with Crippen molar-refractivity contribution in [2.45, 2.75) is 62.6 Å². The predicted octanol–water partition coefficient (Wildman–Crippen LogP) is 3.98. The zero-order valence-electron chi connectivity index (χ0n) is 20.0. The SMILES string of the molecule is Cc1c(Nc2ncc3cc(Cl)c(C4CCN(C5COC[C@@H]5O)CC4)cc3n2)cnn1C12CC(C1)C2. The van der Waals surface area contributed by atoms with Crippen molar-refractivity contribution in [3.8, 4) is 0 Å². The largest absolute Gasteiger partial charge is 0.389 e. The van der Waals surface area contributed by atoms with E-state index in [1.165, 1.54) is 19.3 Å². The van der Waals surface area contributed by atoms with Gasteiger partial charge in [0.15, 0.2) is 0 Å². The Balaban J connectivity index is 1.10. The predicted molar refractivity (Wildman–Crippen MR) is 134 cm³/mol. The van der Waals surface area contributed by atoms with E-state index in [0.29, 0.717) is 25.1 Å². The Labute approximate surface area is 209 Å². The number of ether oxygens (including phenoxy) is 1. The van der Waals surface area contributed by atoms with Crippen LogP contribution in [0.25, 0.3) is 10.9 Å². The molecule has 3 aliphatic carbocycles. The highest BCUT2D eigenvalue weighted by Crippen LogP contribution is 2.62. The third kappa shape index (κ3) is 3.56. The Morgan fingerprint density at radius 1 is 1.14 bits per heavy atom. The first-order valence-electron chi connectivity index (χ1n) is 12.8. The van der Waals surface area contributed by atoms with Crippen LogP contribution < -0.4 is 5.32 Å². The normalized spacial score (nSPS) is 30.9. The number of likely N-dealkylation sites (tertiary alicyclic amines) is 1. The Kier molecular flexibility index (Phi) is 5.10. The molecule has 2 bridgehead atoms. The fourth-order valence-corrected chi connectivity index (χ4v) is 7.01. The van der Waals surface area contributed by atoms with E-state index < -0.39 is 0 Å². The first-order valence-corrected chi connectivity index (χ1v) is 13.2. The van der Waals surface area contributed by atoms with Gasteiger partial charge in [-0.15, -0.1) is 0 Å². The Morgan fingerprint density at radius 2 is 1.94 bits per heavy atom. The number of hydrogen-bond donors (Lipinski definition) is 2. The second kappa shape index (κ2) is 8.13. The summed E-state index contributed by atoms with van der Waals surface area (Å²) in [7, 11) is 0. The van der Waals surface area contributed by atoms with Crippen molar-refractivity contribution in [1.82, 2.24) is 24.6 Å². The van der Waals surface area contributed by atoms with E-state index in [2.05, 4.69) is 38.0 Å². The van der Waals surface area contributed by atoms with E-state index in [1.54, 1.807) is 0 Å². The molecule has 0 amide bonds. The third-order valence-electron chi connectivity index (χ3n) is 8.87. The highest BCUT2D eigenvalue weighted by Gasteiger charge is 2.59. The summed E-state index contributed by atoms with van der Waals surface area (Å²) in [6, 6.07) is 4.24. The molecule has 1 unspecified atom stereocenters. The summed E-state index contributed by atoms with van der Waals surface area (Å²) in [4.78, 5) is 11.7. The molecule has 5 aliphatic rings. The quantitative estimate of drug-likeness (QED) is 0.554. The van der Waals surface area contributed by atoms with Gasteiger partial charge in [-0.25, -0.2) is 9.97 Å². The van der Waals surface area contributed by atoms with Crippen molar-refractivity contribution < 1.29 is 9.84 Å². The number of hydrogen-bond acceptors (Lipinski definition) is 7. The molecule has 184 valence electrons. The molecule has 5 fully saturated rings. The molecule has 9 heteroatoms. The summed E-state index contributed by atoms with van der Waals surface area (Å²) in [6.45, 7) is 5.06. The van der Waals surface area contributed by atoms with Crippen LogP contribution in [-0.4, -0.2) is 68.2 Å². The highest BCUT2D eigenvalue weighted by atomic mass is 35.5. The topological polar surface area (TPSA) is 88.3 Å². The van der Waals surface area contributed by atoms with Crippen LogP contribution in [0.2, 0.25) is 5.02 Å². The van der Waals surface area contributed by atoms with Crippen molar-refractivity contribution in [3.05, 3.63) is 40.8 Å². The molecule has 2 atom stereocenters. The number of piperidine rings is 1. The molecule has 8 nitrogen and oxygen atoms in total. The Bertz CT molecular complexity index is 1270. The Hall–Kier alpha value is -2.26. The van der Waals surface area contributed by atoms with E-state index in [1.807, 2.05) is 18.5 Å². The zero-order valence-corrected chi connectivity index (χ0v) is 20.7. The van der Waals surface area contributed by atoms with Crippen molar-refractivity contribution in [1.29, 1.82) is 0 Å². The summed E-state index contributed by atoms with van der Waals surface area (Å²) in [5.74, 6) is 1.87. The number of rotatable bonds is 5. The number of aliphatic hydroxyl groups is 1. The lowest BCUT2D eigenvalue weighted by atomic mass is 9.50. The number of nitrogens with zero attached hydrogens (tertiary/aromatic N) is 5. The van der Waals surface area contributed by atoms with E-state index in [9.17, 15) is 5.11 Å². The maximum absolute atomic E-state index is 10.2. The molecule has 1 aromatic carbocycles. The van der Waals surface area contributed by atoms with Crippen LogP contribution in [0, 0.1) is 12.8 Å². The van der Waals surface area contributed by atoms with Gasteiger partial charge in [0.2, 0.25) is 5.95 Å². The second-order valence-electron chi connectivity index (χ2n) is 11.0. The number of benzene rings is 1. The van der Waals surface area contributed by atoms with Gasteiger partial charge >= 0.3 is 0 Å². The monoisotopic (exact) mass is 494 g/mol. The maximum Gasteiger partial charge on any atom is 0.227 e. The van der Waals surface area contributed by atoms with E-state index >= 15 is 0 Å². The van der Waals surface area contributed by atoms with Gasteiger partial charge in [-0.3, -0.25) is 9.58 Å². The molecule has 0 radical (unpaired) electrons. The van der Waals surface area contributed by atoms with Crippen molar-refractivity contribution in [2.24, 2.45) is 5.92 Å². The van der Waals surface area contributed by atoms with Crippen molar-refractivity contribution in [2.75, 3.05) is 31.6 Å². The minimum absolute atomic E-state index is 0.117. The Morgan fingerprint density at radius 3 is 2.63 bits per heavy atom. The van der Waals surface area contributed by atoms with Gasteiger partial charge in [0.25, 0.3) is 0 Å². The number of aliphatic hydroxyl groups excluding tert-OH is 1. The van der Waals surface area contributed by atoms with Crippen LogP contribution in [0.1, 0.15) is 49.3 Å². The average molecular weight is 495 g/mol. The number of aromatic nitrogens is 4. The minimum atomic E-state index is -0.381. The molecule has 3 aromatic rings. The molecule has 0 spiro atoms. The summed E-state index contributed by atoms with van der Waals surface area (Å²) < 4.78 is 7.66. The molecule has 35 heavy (non-hydrogen) atoms. The molecule has 3 saturated carbocycles. The first-order chi connectivity index (χ1) is 17.0. The molecule has 2 saturated heterocycles. The standard InChI is InChI=1S/C26H31ClN6O2/c1-15-22(12-29-33(15)26-8-16(9-26)10-26)31-25-28-11-18-6-20(27)19(7-21(18)30-25)17-2-4-32(5-3-17)23-13-35-14-24(23)34/h6-7,11-12,16-17,23-24,34H,2-5,8-10,13-14H2,1H3,(H,28,30,31)/t16?,23?,24-,26?/m0/s1. The zero-order chi connectivity index (χ0) is 23.7. The van der Waals surface area contributed by atoms with Gasteiger partial charge in [-0.05, 0) is 81.6 Å². The van der Waals surface area contributed by atoms with Crippen LogP contribution in [0.15, 0.2) is 24.5 Å². The fraction of sp³-hybridized carbons (Fsp3) is 0.577. The lowest BCUT2D eigenvalue weighted by Crippen LogP contribution is -2.60. The number of halogens is 1. The molecule has 2 N–H and O–H groups in total. The van der Waals surface area contributed by atoms with Crippen LogP contribution in [0.5, 0.6) is 0 Å². The number of fused-ring (bicyclic) bond motifs is 1. The lowest BCUT2D eigenvalue weighted by molar-refractivity contribution is -0.0990. The van der Waals surface area contributed by atoms with Gasteiger partial charge in [0.05, 0.1) is 54.0 Å². The van der Waals surface area contributed by atoms with Crippen LogP contribution in [0.4, 0.5) is 11.6 Å². The fourth-order valence-electron chi connectivity index (χ4n) is 6.69. The smallest absolute Gasteiger partial charge is 0.227 e. The molecule has 8 rings (SSSR count). The lowest BCUT2D eigenvalue weighted by Gasteiger charge is -2.61. The average Bonchev–Trinajstić information content (AvgIpc) is 3.38. The van der Waals surface area contributed by atoms with E-state index in [0.717, 1.165) is 64.7 Å². The van der Waals surface area contributed by atoms with Crippen LogP contribution >= 0.6 is 11.6 Å². The van der Waals surface area contributed by atoms with Crippen molar-refractivity contribution in [3.63, 3.8) is 0 Å². The third-order valence-corrected chi connectivity index (χ3v) is 9.20. The van der Waals surface area contributed by atoms with Crippen LogP contribution in [-0.2, 0) is 10.3 Å². The van der Waals surface area contributed by atoms with Gasteiger partial charge < -0.3 is 15.2 Å². The van der Waals surface area contributed by atoms with Gasteiger partial charge in [0.1, 0.15) is 0 Å². The molecular weight excluding hydrogens is 464 g/mol. The summed E-state index contributed by atoms with van der Waals surface area (Å²) in [6.07, 6.45) is 9.16. The van der Waals surface area contributed by atoms with Gasteiger partial charge in [-0.1, -0.05) is 11.6 Å². The first kappa shape index (κ1) is 22.0. The van der Waals surface area contributed by atoms with Crippen LogP contribution in [0.3, 0.4) is 0 Å². The molecular formula is C26H31ClN6O2. The van der Waals surface area contributed by atoms with E-state index in [4.69, 9.17) is 21.3 Å². The summed E-state index contributed by atoms with van der Waals surface area (Å²) in [5, 5.41) is 20.0. The maximum atomic E-state index is 10.2. The number of nitrogens with one attached hydrogen (secondary N) is 1. The van der Waals surface area contributed by atoms with Crippen molar-refractivity contribution >= 4 is 34.1 Å². The van der Waals surface area contributed by atoms with E-state index in [-0.39, 0.29) is 17.7 Å². The molecule has 2 aliphatic heterocycles. The highest BCUT2D eigenvalue weighted by molar-refractivity contribution is 6.32. The van der Waals surface area contributed by atoms with Gasteiger partial charge in [-0.2, -0.15) is 5.10 Å². The molecule has 4 heterocycles. The van der Waals surface area contributed by atoms with Gasteiger partial charge in [0, 0.05) is 16.6 Å². The number of anilines is 2. The summed E-state index contributed by atoms with van der Waals surface area (Å²) in [5.41, 5.74) is 4.43. The summed E-state index contributed by atoms with van der Waals surface area (Å²) >= 11 is 6.73. The molecule has 2 aromatic heterocycles. The second-order valence-corrected chi connectivity index (χ2v) is 11.4.